The van der Waals surface area contributed by atoms with Gasteiger partial charge < -0.3 is 5.32 Å². The van der Waals surface area contributed by atoms with E-state index in [1.807, 2.05) is 12.1 Å². The Morgan fingerprint density at radius 1 is 0.941 bits per heavy atom. The van der Waals surface area contributed by atoms with Crippen molar-refractivity contribution in [3.8, 4) is 0 Å². The zero-order chi connectivity index (χ0) is 11.7. The first-order chi connectivity index (χ1) is 8.31. The van der Waals surface area contributed by atoms with Gasteiger partial charge in [0.15, 0.2) is 0 Å². The maximum absolute atomic E-state index is 5.91. The second kappa shape index (κ2) is 4.99. The van der Waals surface area contributed by atoms with Crippen LogP contribution in [0.2, 0.25) is 5.02 Å². The quantitative estimate of drug-likeness (QED) is 0.850. The van der Waals surface area contributed by atoms with Gasteiger partial charge in [0.1, 0.15) is 0 Å². The Kier molecular flexibility index (Phi) is 3.39. The second-order valence-electron chi connectivity index (χ2n) is 5.56. The summed E-state index contributed by atoms with van der Waals surface area (Å²) < 4.78 is 0. The smallest absolute Gasteiger partial charge is 0.0406 e. The summed E-state index contributed by atoms with van der Waals surface area (Å²) in [7, 11) is 0. The third kappa shape index (κ3) is 2.66. The molecule has 1 aromatic carbocycles. The highest BCUT2D eigenvalue weighted by molar-refractivity contribution is 6.30. The molecule has 0 radical (unpaired) electrons. The molecule has 2 aliphatic rings. The minimum absolute atomic E-state index is 0.756. The average Bonchev–Trinajstić information content (AvgIpc) is 2.77. The van der Waals surface area contributed by atoms with Gasteiger partial charge in [-0.1, -0.05) is 36.6 Å². The molecule has 0 heterocycles. The molecule has 2 saturated carbocycles. The van der Waals surface area contributed by atoms with Crippen LogP contribution in [0.1, 0.15) is 50.0 Å². The van der Waals surface area contributed by atoms with Crippen molar-refractivity contribution < 1.29 is 0 Å². The molecule has 1 aromatic rings. The number of rotatable bonds is 3. The first kappa shape index (κ1) is 11.6. The third-order valence-electron chi connectivity index (χ3n) is 4.31. The maximum atomic E-state index is 5.91. The van der Waals surface area contributed by atoms with Crippen LogP contribution in [0.3, 0.4) is 0 Å². The SMILES string of the molecule is Clc1ccc(C2CC(NC3CCCC3)C2)cc1. The van der Waals surface area contributed by atoms with Crippen LogP contribution in [-0.2, 0) is 0 Å². The Bertz CT molecular complexity index is 361. The van der Waals surface area contributed by atoms with Crippen LogP contribution in [0.25, 0.3) is 0 Å². The summed E-state index contributed by atoms with van der Waals surface area (Å²) in [6.45, 7) is 0. The monoisotopic (exact) mass is 249 g/mol. The first-order valence-electron chi connectivity index (χ1n) is 6.83. The Labute approximate surface area is 109 Å². The van der Waals surface area contributed by atoms with Crippen LogP contribution in [-0.4, -0.2) is 12.1 Å². The molecule has 92 valence electrons. The molecule has 3 rings (SSSR count). The highest BCUT2D eigenvalue weighted by atomic mass is 35.5. The van der Waals surface area contributed by atoms with Gasteiger partial charge in [0.2, 0.25) is 0 Å². The lowest BCUT2D eigenvalue weighted by Gasteiger charge is -2.38. The molecule has 17 heavy (non-hydrogen) atoms. The Morgan fingerprint density at radius 3 is 2.24 bits per heavy atom. The Hall–Kier alpha value is -0.530. The molecule has 2 fully saturated rings. The molecular formula is C15H20ClN. The van der Waals surface area contributed by atoms with Gasteiger partial charge >= 0.3 is 0 Å². The van der Waals surface area contributed by atoms with E-state index in [1.54, 1.807) is 0 Å². The average molecular weight is 250 g/mol. The van der Waals surface area contributed by atoms with E-state index >= 15 is 0 Å². The predicted octanol–water partition coefficient (Wildman–Crippen LogP) is 4.12. The normalized spacial score (nSPS) is 29.2. The van der Waals surface area contributed by atoms with Gasteiger partial charge in [-0.25, -0.2) is 0 Å². The van der Waals surface area contributed by atoms with Crippen molar-refractivity contribution >= 4 is 11.6 Å². The molecular weight excluding hydrogens is 230 g/mol. The van der Waals surface area contributed by atoms with Crippen LogP contribution in [0, 0.1) is 0 Å². The highest BCUT2D eigenvalue weighted by Gasteiger charge is 2.32. The molecule has 1 N–H and O–H groups in total. The van der Waals surface area contributed by atoms with Crippen LogP contribution < -0.4 is 5.32 Å². The van der Waals surface area contributed by atoms with E-state index in [-0.39, 0.29) is 0 Å². The molecule has 0 aromatic heterocycles. The molecule has 0 amide bonds. The second-order valence-corrected chi connectivity index (χ2v) is 6.00. The summed E-state index contributed by atoms with van der Waals surface area (Å²) in [5.74, 6) is 0.756. The molecule has 1 nitrogen and oxygen atoms in total. The zero-order valence-corrected chi connectivity index (χ0v) is 10.9. The van der Waals surface area contributed by atoms with E-state index < -0.39 is 0 Å². The van der Waals surface area contributed by atoms with E-state index in [0.717, 1.165) is 23.0 Å². The van der Waals surface area contributed by atoms with E-state index in [2.05, 4.69) is 17.4 Å². The fraction of sp³-hybridized carbons (Fsp3) is 0.600. The molecule has 2 heteroatoms. The number of benzene rings is 1. The molecule has 2 aliphatic carbocycles. The number of nitrogens with one attached hydrogen (secondary N) is 1. The fourth-order valence-corrected chi connectivity index (χ4v) is 3.31. The van der Waals surface area contributed by atoms with E-state index in [0.29, 0.717) is 0 Å². The largest absolute Gasteiger partial charge is 0.311 e. The van der Waals surface area contributed by atoms with Crippen LogP contribution in [0.4, 0.5) is 0 Å². The van der Waals surface area contributed by atoms with E-state index in [9.17, 15) is 0 Å². The number of halogens is 1. The van der Waals surface area contributed by atoms with Gasteiger partial charge in [0.25, 0.3) is 0 Å². The van der Waals surface area contributed by atoms with Gasteiger partial charge in [-0.3, -0.25) is 0 Å². The summed E-state index contributed by atoms with van der Waals surface area (Å²) in [6.07, 6.45) is 8.23. The van der Waals surface area contributed by atoms with Gasteiger partial charge in [0.05, 0.1) is 0 Å². The lowest BCUT2D eigenvalue weighted by Crippen LogP contribution is -2.44. The maximum Gasteiger partial charge on any atom is 0.0406 e. The molecule has 0 unspecified atom stereocenters. The van der Waals surface area contributed by atoms with Gasteiger partial charge in [0, 0.05) is 17.1 Å². The van der Waals surface area contributed by atoms with E-state index in [1.165, 1.54) is 44.1 Å². The Morgan fingerprint density at radius 2 is 1.59 bits per heavy atom. The third-order valence-corrected chi connectivity index (χ3v) is 4.56. The topological polar surface area (TPSA) is 12.0 Å². The predicted molar refractivity (Wildman–Crippen MR) is 72.6 cm³/mol. The summed E-state index contributed by atoms with van der Waals surface area (Å²) in [5.41, 5.74) is 1.46. The fourth-order valence-electron chi connectivity index (χ4n) is 3.19. The Balaban J connectivity index is 1.49. The minimum atomic E-state index is 0.756. The highest BCUT2D eigenvalue weighted by Crippen LogP contribution is 2.38. The van der Waals surface area contributed by atoms with Crippen LogP contribution in [0.15, 0.2) is 24.3 Å². The molecule has 0 aliphatic heterocycles. The van der Waals surface area contributed by atoms with Crippen molar-refractivity contribution in [2.45, 2.75) is 56.5 Å². The van der Waals surface area contributed by atoms with Crippen molar-refractivity contribution in [2.75, 3.05) is 0 Å². The molecule has 0 spiro atoms. The molecule has 0 saturated heterocycles. The summed E-state index contributed by atoms with van der Waals surface area (Å²) >= 11 is 5.91. The van der Waals surface area contributed by atoms with Gasteiger partial charge in [-0.2, -0.15) is 0 Å². The number of hydrogen-bond donors (Lipinski definition) is 1. The van der Waals surface area contributed by atoms with E-state index in [4.69, 9.17) is 11.6 Å². The minimum Gasteiger partial charge on any atom is -0.311 e. The zero-order valence-electron chi connectivity index (χ0n) is 10.2. The van der Waals surface area contributed by atoms with Gasteiger partial charge in [-0.15, -0.1) is 0 Å². The lowest BCUT2D eigenvalue weighted by molar-refractivity contribution is 0.265. The van der Waals surface area contributed by atoms with Crippen molar-refractivity contribution in [3.05, 3.63) is 34.9 Å². The van der Waals surface area contributed by atoms with Crippen LogP contribution in [0.5, 0.6) is 0 Å². The van der Waals surface area contributed by atoms with Crippen molar-refractivity contribution in [1.82, 2.24) is 5.32 Å². The standard InChI is InChI=1S/C15H20ClN/c16-13-7-5-11(6-8-13)12-9-15(10-12)17-14-3-1-2-4-14/h5-8,12,14-15,17H,1-4,9-10H2. The summed E-state index contributed by atoms with van der Waals surface area (Å²) in [6, 6.07) is 9.95. The van der Waals surface area contributed by atoms with Crippen molar-refractivity contribution in [1.29, 1.82) is 0 Å². The van der Waals surface area contributed by atoms with Crippen LogP contribution >= 0.6 is 11.6 Å². The molecule has 0 atom stereocenters. The number of hydrogen-bond acceptors (Lipinski definition) is 1. The van der Waals surface area contributed by atoms with Crippen molar-refractivity contribution in [2.24, 2.45) is 0 Å². The lowest BCUT2D eigenvalue weighted by atomic mass is 9.75. The molecule has 0 bridgehead atoms. The van der Waals surface area contributed by atoms with Crippen molar-refractivity contribution in [3.63, 3.8) is 0 Å². The summed E-state index contributed by atoms with van der Waals surface area (Å²) in [4.78, 5) is 0. The van der Waals surface area contributed by atoms with Gasteiger partial charge in [-0.05, 0) is 49.3 Å². The first-order valence-corrected chi connectivity index (χ1v) is 7.20. The summed E-state index contributed by atoms with van der Waals surface area (Å²) in [5, 5.41) is 4.64.